The van der Waals surface area contributed by atoms with E-state index in [0.717, 1.165) is 16.5 Å². The number of aromatic nitrogens is 1. The lowest BCUT2D eigenvalue weighted by Crippen LogP contribution is -2.45. The number of halogens is 1. The summed E-state index contributed by atoms with van der Waals surface area (Å²) in [6.07, 6.45) is 2.88. The third-order valence-corrected chi connectivity index (χ3v) is 5.34. The Bertz CT molecular complexity index is 909. The highest BCUT2D eigenvalue weighted by atomic mass is 35.5. The Kier molecular flexibility index (Phi) is 4.02. The first-order valence-electron chi connectivity index (χ1n) is 8.41. The molecule has 3 aromatic rings. The second kappa shape index (κ2) is 6.21. The van der Waals surface area contributed by atoms with Crippen LogP contribution in [-0.2, 0) is 5.60 Å². The van der Waals surface area contributed by atoms with E-state index in [1.807, 2.05) is 47.5 Å². The van der Waals surface area contributed by atoms with Crippen LogP contribution in [0.1, 0.15) is 28.8 Å². The fourth-order valence-corrected chi connectivity index (χ4v) is 3.70. The standard InChI is InChI=1S/C20H19ClN2O2/c21-15-6-4-14(5-7-15)20(25)9-12-23(13-10-20)19(24)17-2-1-3-18-16(17)8-11-22-18/h1-8,11,22,25H,9-10,12-13H2. The molecule has 128 valence electrons. The third-order valence-electron chi connectivity index (χ3n) is 5.08. The van der Waals surface area contributed by atoms with Crippen molar-refractivity contribution in [3.8, 4) is 0 Å². The van der Waals surface area contributed by atoms with Crippen molar-refractivity contribution in [1.29, 1.82) is 0 Å². The predicted molar refractivity (Wildman–Crippen MR) is 98.8 cm³/mol. The van der Waals surface area contributed by atoms with Gasteiger partial charge >= 0.3 is 0 Å². The number of likely N-dealkylation sites (tertiary alicyclic amines) is 1. The summed E-state index contributed by atoms with van der Waals surface area (Å²) in [6.45, 7) is 1.05. The number of amides is 1. The highest BCUT2D eigenvalue weighted by molar-refractivity contribution is 6.30. The van der Waals surface area contributed by atoms with E-state index in [9.17, 15) is 9.90 Å². The van der Waals surface area contributed by atoms with Crippen LogP contribution in [0.15, 0.2) is 54.7 Å². The summed E-state index contributed by atoms with van der Waals surface area (Å²) < 4.78 is 0. The van der Waals surface area contributed by atoms with Gasteiger partial charge in [-0.1, -0.05) is 29.8 Å². The van der Waals surface area contributed by atoms with E-state index < -0.39 is 5.60 Å². The topological polar surface area (TPSA) is 56.3 Å². The number of rotatable bonds is 2. The molecule has 0 aliphatic carbocycles. The zero-order valence-electron chi connectivity index (χ0n) is 13.7. The monoisotopic (exact) mass is 354 g/mol. The van der Waals surface area contributed by atoms with Crippen molar-refractivity contribution in [2.45, 2.75) is 18.4 Å². The number of carbonyl (C=O) groups is 1. The van der Waals surface area contributed by atoms with Crippen LogP contribution in [0.3, 0.4) is 0 Å². The van der Waals surface area contributed by atoms with Crippen molar-refractivity contribution in [3.05, 3.63) is 70.9 Å². The van der Waals surface area contributed by atoms with Crippen LogP contribution in [0.2, 0.25) is 5.02 Å². The first-order chi connectivity index (χ1) is 12.1. The van der Waals surface area contributed by atoms with Gasteiger partial charge in [-0.2, -0.15) is 0 Å². The van der Waals surface area contributed by atoms with E-state index >= 15 is 0 Å². The molecule has 0 atom stereocenters. The summed E-state index contributed by atoms with van der Waals surface area (Å²) in [6, 6.07) is 14.9. The van der Waals surface area contributed by atoms with Gasteiger partial charge in [-0.05, 0) is 48.7 Å². The first-order valence-corrected chi connectivity index (χ1v) is 8.78. The van der Waals surface area contributed by atoms with Gasteiger partial charge in [0, 0.05) is 40.8 Å². The first kappa shape index (κ1) is 16.2. The fraction of sp³-hybridized carbons (Fsp3) is 0.250. The molecule has 4 rings (SSSR count). The number of nitrogens with one attached hydrogen (secondary N) is 1. The number of hydrogen-bond acceptors (Lipinski definition) is 2. The van der Waals surface area contributed by atoms with Crippen molar-refractivity contribution in [2.24, 2.45) is 0 Å². The minimum atomic E-state index is -0.901. The highest BCUT2D eigenvalue weighted by Gasteiger charge is 2.35. The van der Waals surface area contributed by atoms with Crippen LogP contribution in [0, 0.1) is 0 Å². The fourth-order valence-electron chi connectivity index (χ4n) is 3.57. The van der Waals surface area contributed by atoms with Gasteiger partial charge in [0.25, 0.3) is 5.91 Å². The van der Waals surface area contributed by atoms with Crippen LogP contribution >= 0.6 is 11.6 Å². The Morgan fingerprint density at radius 1 is 1.08 bits per heavy atom. The largest absolute Gasteiger partial charge is 0.385 e. The maximum absolute atomic E-state index is 12.9. The number of fused-ring (bicyclic) bond motifs is 1. The molecule has 1 amide bonds. The molecule has 1 fully saturated rings. The Hall–Kier alpha value is -2.30. The summed E-state index contributed by atoms with van der Waals surface area (Å²) >= 11 is 5.93. The SMILES string of the molecule is O=C(c1cccc2[nH]ccc12)N1CCC(O)(c2ccc(Cl)cc2)CC1. The second-order valence-corrected chi connectivity index (χ2v) is 7.01. The van der Waals surface area contributed by atoms with E-state index in [1.54, 1.807) is 12.1 Å². The maximum Gasteiger partial charge on any atom is 0.254 e. The minimum Gasteiger partial charge on any atom is -0.385 e. The number of aliphatic hydroxyl groups is 1. The van der Waals surface area contributed by atoms with Gasteiger partial charge in [0.1, 0.15) is 0 Å². The van der Waals surface area contributed by atoms with E-state index in [-0.39, 0.29) is 5.91 Å². The van der Waals surface area contributed by atoms with Gasteiger partial charge in [-0.3, -0.25) is 4.79 Å². The number of hydrogen-bond donors (Lipinski definition) is 2. The van der Waals surface area contributed by atoms with Crippen molar-refractivity contribution in [3.63, 3.8) is 0 Å². The van der Waals surface area contributed by atoms with Crippen molar-refractivity contribution < 1.29 is 9.90 Å². The number of aromatic amines is 1. The molecule has 0 unspecified atom stereocenters. The number of H-pyrrole nitrogens is 1. The van der Waals surface area contributed by atoms with Crippen LogP contribution in [0.5, 0.6) is 0 Å². The van der Waals surface area contributed by atoms with Crippen LogP contribution < -0.4 is 0 Å². The van der Waals surface area contributed by atoms with Crippen LogP contribution in [0.4, 0.5) is 0 Å². The molecule has 2 heterocycles. The number of piperidine rings is 1. The molecule has 2 N–H and O–H groups in total. The lowest BCUT2D eigenvalue weighted by molar-refractivity contribution is -0.0211. The normalized spacial score (nSPS) is 17.0. The third kappa shape index (κ3) is 2.92. The highest BCUT2D eigenvalue weighted by Crippen LogP contribution is 2.34. The molecule has 5 heteroatoms. The number of benzene rings is 2. The van der Waals surface area contributed by atoms with Crippen molar-refractivity contribution in [1.82, 2.24) is 9.88 Å². The quantitative estimate of drug-likeness (QED) is 0.732. The van der Waals surface area contributed by atoms with E-state index in [0.29, 0.717) is 36.5 Å². The maximum atomic E-state index is 12.9. The average molecular weight is 355 g/mol. The summed E-state index contributed by atoms with van der Waals surface area (Å²) in [5, 5.41) is 12.5. The van der Waals surface area contributed by atoms with Gasteiger partial charge in [0.15, 0.2) is 0 Å². The molecule has 0 bridgehead atoms. The molecule has 1 aromatic heterocycles. The lowest BCUT2D eigenvalue weighted by Gasteiger charge is -2.38. The summed E-state index contributed by atoms with van der Waals surface area (Å²) in [7, 11) is 0. The molecular formula is C20H19ClN2O2. The summed E-state index contributed by atoms with van der Waals surface area (Å²) in [5.41, 5.74) is 1.62. The smallest absolute Gasteiger partial charge is 0.254 e. The van der Waals surface area contributed by atoms with Crippen molar-refractivity contribution in [2.75, 3.05) is 13.1 Å². The lowest BCUT2D eigenvalue weighted by atomic mass is 9.84. The Balaban J connectivity index is 1.52. The van der Waals surface area contributed by atoms with E-state index in [1.165, 1.54) is 0 Å². The molecule has 4 nitrogen and oxygen atoms in total. The predicted octanol–water partition coefficient (Wildman–Crippen LogP) is 3.95. The Morgan fingerprint density at radius 3 is 2.52 bits per heavy atom. The molecular weight excluding hydrogens is 336 g/mol. The van der Waals surface area contributed by atoms with Crippen molar-refractivity contribution >= 4 is 28.4 Å². The molecule has 0 saturated carbocycles. The molecule has 1 aliphatic heterocycles. The Labute approximate surface area is 151 Å². The molecule has 2 aromatic carbocycles. The zero-order valence-corrected chi connectivity index (χ0v) is 14.5. The van der Waals surface area contributed by atoms with Gasteiger partial charge in [0.05, 0.1) is 5.60 Å². The van der Waals surface area contributed by atoms with Crippen LogP contribution in [0.25, 0.3) is 10.9 Å². The van der Waals surface area contributed by atoms with Gasteiger partial charge in [-0.25, -0.2) is 0 Å². The van der Waals surface area contributed by atoms with Gasteiger partial charge in [-0.15, -0.1) is 0 Å². The second-order valence-electron chi connectivity index (χ2n) is 6.58. The molecule has 1 saturated heterocycles. The zero-order chi connectivity index (χ0) is 17.4. The molecule has 0 spiro atoms. The van der Waals surface area contributed by atoms with E-state index in [2.05, 4.69) is 4.98 Å². The Morgan fingerprint density at radius 2 is 1.80 bits per heavy atom. The average Bonchev–Trinajstić information content (AvgIpc) is 3.11. The van der Waals surface area contributed by atoms with Gasteiger partial charge in [0.2, 0.25) is 0 Å². The summed E-state index contributed by atoms with van der Waals surface area (Å²) in [4.78, 5) is 17.9. The minimum absolute atomic E-state index is 0.0170. The van der Waals surface area contributed by atoms with Gasteiger partial charge < -0.3 is 15.0 Å². The summed E-state index contributed by atoms with van der Waals surface area (Å²) in [5.74, 6) is 0.0170. The molecule has 25 heavy (non-hydrogen) atoms. The molecule has 0 radical (unpaired) electrons. The van der Waals surface area contributed by atoms with E-state index in [4.69, 9.17) is 11.6 Å². The number of nitrogens with zero attached hydrogens (tertiary/aromatic N) is 1. The van der Waals surface area contributed by atoms with Crippen LogP contribution in [-0.4, -0.2) is 34.0 Å². The molecule has 1 aliphatic rings. The number of carbonyl (C=O) groups excluding carboxylic acids is 1.